The van der Waals surface area contributed by atoms with E-state index in [-0.39, 0.29) is 5.02 Å². The molecule has 8 nitrogen and oxygen atoms in total. The number of hydrogen-bond donors (Lipinski definition) is 2. The molecule has 80 valence electrons. The first-order chi connectivity index (χ1) is 6.91. The first-order valence-electron chi connectivity index (χ1n) is 3.49. The molecule has 0 amide bonds. The van der Waals surface area contributed by atoms with Crippen molar-refractivity contribution in [2.75, 3.05) is 5.43 Å². The topological polar surface area (TPSA) is 119 Å². The van der Waals surface area contributed by atoms with Gasteiger partial charge in [-0.3, -0.25) is 10.1 Å². The number of halogens is 1. The lowest BCUT2D eigenvalue weighted by Crippen LogP contribution is -2.08. The van der Waals surface area contributed by atoms with E-state index in [2.05, 4.69) is 0 Å². The van der Waals surface area contributed by atoms with Gasteiger partial charge in [0, 0.05) is 12.1 Å². The molecule has 0 fully saturated rings. The predicted octanol–water partition coefficient (Wildman–Crippen LogP) is 1.56. The third-order valence-corrected chi connectivity index (χ3v) is 1.76. The summed E-state index contributed by atoms with van der Waals surface area (Å²) in [5.74, 6) is -0.612. The molecule has 0 aliphatic rings. The van der Waals surface area contributed by atoms with E-state index in [4.69, 9.17) is 11.6 Å². The van der Waals surface area contributed by atoms with E-state index >= 15 is 0 Å². The lowest BCUT2D eigenvalue weighted by molar-refractivity contribution is -0.445. The van der Waals surface area contributed by atoms with E-state index in [9.17, 15) is 25.3 Å². The zero-order valence-electron chi connectivity index (χ0n) is 7.01. The maximum atomic E-state index is 10.4. The normalized spacial score (nSPS) is 9.67. The van der Waals surface area contributed by atoms with Gasteiger partial charge < -0.3 is 5.11 Å². The molecule has 0 atom stereocenters. The van der Waals surface area contributed by atoms with Gasteiger partial charge in [-0.15, -0.1) is 5.43 Å². The number of hydrogen-bond acceptors (Lipinski definition) is 5. The lowest BCUT2D eigenvalue weighted by Gasteiger charge is -2.02. The molecule has 1 aromatic carbocycles. The Kier molecular flexibility index (Phi) is 2.90. The van der Waals surface area contributed by atoms with Crippen LogP contribution in [0.1, 0.15) is 0 Å². The van der Waals surface area contributed by atoms with Crippen LogP contribution in [-0.2, 0) is 0 Å². The molecule has 0 saturated carbocycles. The molecule has 0 unspecified atom stereocenters. The highest BCUT2D eigenvalue weighted by molar-refractivity contribution is 6.32. The second kappa shape index (κ2) is 3.96. The Morgan fingerprint density at radius 3 is 2.40 bits per heavy atom. The van der Waals surface area contributed by atoms with Crippen LogP contribution in [-0.4, -0.2) is 15.1 Å². The van der Waals surface area contributed by atoms with Crippen molar-refractivity contribution in [3.05, 3.63) is 37.4 Å². The Hall–Kier alpha value is -2.09. The number of phenolic OH excluding ortho intramolecular Hbond substituents is 1. The van der Waals surface area contributed by atoms with Gasteiger partial charge in [0.25, 0.3) is 5.69 Å². The highest BCUT2D eigenvalue weighted by Gasteiger charge is 2.17. The number of nitro benzene ring substituents is 1. The van der Waals surface area contributed by atoms with Gasteiger partial charge in [0.1, 0.15) is 0 Å². The van der Waals surface area contributed by atoms with Crippen molar-refractivity contribution in [3.8, 4) is 5.75 Å². The minimum Gasteiger partial charge on any atom is -0.504 e. The maximum Gasteiger partial charge on any atom is 0.273 e. The van der Waals surface area contributed by atoms with Gasteiger partial charge in [-0.25, -0.2) is 10.1 Å². The molecule has 0 aromatic heterocycles. The molecule has 0 aliphatic carbocycles. The Balaban J connectivity index is 3.24. The van der Waals surface area contributed by atoms with Gasteiger partial charge in [0.15, 0.2) is 16.5 Å². The van der Waals surface area contributed by atoms with E-state index in [0.29, 0.717) is 0 Å². The summed E-state index contributed by atoms with van der Waals surface area (Å²) >= 11 is 5.43. The van der Waals surface area contributed by atoms with Gasteiger partial charge in [-0.05, 0) is 0 Å². The number of benzene rings is 1. The van der Waals surface area contributed by atoms with E-state index in [1.165, 1.54) is 0 Å². The number of non-ortho nitro benzene ring substituents is 1. The summed E-state index contributed by atoms with van der Waals surface area (Å²) in [6, 6.07) is 1.70. The zero-order valence-corrected chi connectivity index (χ0v) is 7.76. The van der Waals surface area contributed by atoms with Gasteiger partial charge in [0.05, 0.1) is 9.95 Å². The third kappa shape index (κ3) is 2.44. The Labute approximate surface area is 87.4 Å². The summed E-state index contributed by atoms with van der Waals surface area (Å²) in [5.41, 5.74) is 0.705. The number of anilines is 1. The van der Waals surface area contributed by atoms with Crippen LogP contribution in [0, 0.1) is 20.2 Å². The minimum absolute atomic E-state index is 0.339. The number of nitrogens with zero attached hydrogens (tertiary/aromatic N) is 2. The summed E-state index contributed by atoms with van der Waals surface area (Å²) in [7, 11) is 0. The van der Waals surface area contributed by atoms with Crippen LogP contribution in [0.25, 0.3) is 0 Å². The van der Waals surface area contributed by atoms with Gasteiger partial charge in [-0.1, -0.05) is 11.6 Å². The molecule has 0 saturated heterocycles. The summed E-state index contributed by atoms with van der Waals surface area (Å²) in [5, 5.41) is 28.4. The van der Waals surface area contributed by atoms with Gasteiger partial charge in [-0.2, -0.15) is 0 Å². The Morgan fingerprint density at radius 1 is 1.33 bits per heavy atom. The summed E-state index contributed by atoms with van der Waals surface area (Å²) in [6.07, 6.45) is 0. The van der Waals surface area contributed by atoms with Crippen LogP contribution in [0.3, 0.4) is 0 Å². The second-order valence-corrected chi connectivity index (χ2v) is 2.86. The second-order valence-electron chi connectivity index (χ2n) is 2.45. The summed E-state index contributed by atoms with van der Waals surface area (Å²) < 4.78 is 0. The van der Waals surface area contributed by atoms with E-state index in [0.717, 1.165) is 12.1 Å². The number of nitro groups is 2. The summed E-state index contributed by atoms with van der Waals surface area (Å²) in [4.78, 5) is 19.7. The molecule has 0 bridgehead atoms. The standard InChI is InChI=1S/C6H4ClN3O5/c7-4-1-3(9(12)13)2-5(6(4)11)8-10(14)15/h1-2,8,11H. The molecule has 0 aliphatic heterocycles. The highest BCUT2D eigenvalue weighted by atomic mass is 35.5. The Bertz CT molecular complexity index is 435. The molecule has 1 aromatic rings. The molecule has 0 spiro atoms. The van der Waals surface area contributed by atoms with Crippen LogP contribution in [0.5, 0.6) is 5.75 Å². The molecule has 0 radical (unpaired) electrons. The Morgan fingerprint density at radius 2 is 1.93 bits per heavy atom. The van der Waals surface area contributed by atoms with E-state index in [1.807, 2.05) is 0 Å². The fourth-order valence-corrected chi connectivity index (χ4v) is 1.09. The fourth-order valence-electron chi connectivity index (χ4n) is 0.874. The number of aromatic hydroxyl groups is 1. The van der Waals surface area contributed by atoms with Crippen molar-refractivity contribution in [1.82, 2.24) is 0 Å². The van der Waals surface area contributed by atoms with Crippen molar-refractivity contribution in [2.45, 2.75) is 0 Å². The quantitative estimate of drug-likeness (QED) is 0.464. The van der Waals surface area contributed by atoms with Crippen molar-refractivity contribution < 1.29 is 15.1 Å². The SMILES string of the molecule is O=[N+]([O-])Nc1cc([N+](=O)[O-])cc(Cl)c1O. The van der Waals surface area contributed by atoms with Crippen LogP contribution in [0.15, 0.2) is 12.1 Å². The largest absolute Gasteiger partial charge is 0.504 e. The van der Waals surface area contributed by atoms with Crippen molar-refractivity contribution in [1.29, 1.82) is 0 Å². The molecular formula is C6H4ClN3O5. The maximum absolute atomic E-state index is 10.4. The minimum atomic E-state index is -0.963. The molecular weight excluding hydrogens is 230 g/mol. The van der Waals surface area contributed by atoms with Crippen molar-refractivity contribution in [3.63, 3.8) is 0 Å². The highest BCUT2D eigenvalue weighted by Crippen LogP contribution is 2.35. The predicted molar refractivity (Wildman–Crippen MR) is 50.4 cm³/mol. The first-order valence-corrected chi connectivity index (χ1v) is 3.87. The summed E-state index contributed by atoms with van der Waals surface area (Å²) in [6.45, 7) is 0. The average molecular weight is 234 g/mol. The molecule has 15 heavy (non-hydrogen) atoms. The number of hydrazine groups is 1. The van der Waals surface area contributed by atoms with Gasteiger partial charge in [0.2, 0.25) is 0 Å². The van der Waals surface area contributed by atoms with Crippen molar-refractivity contribution >= 4 is 23.0 Å². The average Bonchev–Trinajstić information content (AvgIpc) is 2.11. The molecule has 9 heteroatoms. The van der Waals surface area contributed by atoms with Crippen LogP contribution in [0.2, 0.25) is 5.02 Å². The lowest BCUT2D eigenvalue weighted by atomic mass is 10.2. The number of phenols is 1. The molecule has 0 heterocycles. The third-order valence-electron chi connectivity index (χ3n) is 1.47. The number of rotatable bonds is 3. The number of nitrogens with one attached hydrogen (secondary N) is 1. The van der Waals surface area contributed by atoms with E-state index < -0.39 is 27.1 Å². The van der Waals surface area contributed by atoms with Gasteiger partial charge >= 0.3 is 0 Å². The fraction of sp³-hybridized carbons (Fsp3) is 0. The van der Waals surface area contributed by atoms with Crippen LogP contribution < -0.4 is 5.43 Å². The van der Waals surface area contributed by atoms with Crippen molar-refractivity contribution in [2.24, 2.45) is 0 Å². The van der Waals surface area contributed by atoms with Crippen LogP contribution in [0.4, 0.5) is 11.4 Å². The monoisotopic (exact) mass is 233 g/mol. The van der Waals surface area contributed by atoms with E-state index in [1.54, 1.807) is 5.43 Å². The smallest absolute Gasteiger partial charge is 0.273 e. The zero-order chi connectivity index (χ0) is 11.6. The molecule has 1 rings (SSSR count). The van der Waals surface area contributed by atoms with Crippen LogP contribution >= 0.6 is 11.6 Å². The molecule has 2 N–H and O–H groups in total. The first kappa shape index (κ1) is 11.0.